The van der Waals surface area contributed by atoms with Crippen LogP contribution in [0.25, 0.3) is 10.9 Å². The van der Waals surface area contributed by atoms with Gasteiger partial charge in [-0.3, -0.25) is 14.6 Å². The van der Waals surface area contributed by atoms with Gasteiger partial charge in [0.15, 0.2) is 8.32 Å². The molecule has 53 heavy (non-hydrogen) atoms. The second-order valence-corrected chi connectivity index (χ2v) is 22.0. The fraction of sp³-hybridized carbons (Fsp3) is 0.649. The van der Waals surface area contributed by atoms with Crippen LogP contribution in [0.3, 0.4) is 0 Å². The van der Waals surface area contributed by atoms with Crippen LogP contribution >= 0.6 is 0 Å². The highest BCUT2D eigenvalue weighted by Crippen LogP contribution is 2.51. The van der Waals surface area contributed by atoms with Crippen molar-refractivity contribution in [2.24, 2.45) is 0 Å². The largest absolute Gasteiger partial charge is 0.491 e. The Balaban J connectivity index is 1.45. The third kappa shape index (κ3) is 8.47. The lowest BCUT2D eigenvalue weighted by Gasteiger charge is -2.51. The van der Waals surface area contributed by atoms with Gasteiger partial charge >= 0.3 is 12.3 Å². The predicted octanol–water partition coefficient (Wildman–Crippen LogP) is 10.7. The summed E-state index contributed by atoms with van der Waals surface area (Å²) in [6, 6.07) is 1.64. The maximum atomic E-state index is 16.8. The minimum absolute atomic E-state index is 0.000318. The Hall–Kier alpha value is -3.40. The number of carbonyl (C=O) groups excluding carboxylic acids is 1. The van der Waals surface area contributed by atoms with Crippen LogP contribution in [0.1, 0.15) is 110 Å². The molecule has 2 fully saturated rings. The fourth-order valence-corrected chi connectivity index (χ4v) is 8.93. The minimum atomic E-state index is -4.93. The Bertz CT molecular complexity index is 1810. The van der Waals surface area contributed by atoms with Crippen molar-refractivity contribution in [3.63, 3.8) is 0 Å². The van der Waals surface area contributed by atoms with E-state index in [0.29, 0.717) is 12.8 Å². The summed E-state index contributed by atoms with van der Waals surface area (Å²) in [5.74, 6) is -1.48. The molecule has 1 aliphatic heterocycles. The van der Waals surface area contributed by atoms with Crippen molar-refractivity contribution in [1.82, 2.24) is 19.7 Å². The molecule has 1 saturated carbocycles. The molecule has 0 spiro atoms. The van der Waals surface area contributed by atoms with Crippen molar-refractivity contribution < 1.29 is 49.4 Å². The van der Waals surface area contributed by atoms with E-state index in [1.807, 2.05) is 6.92 Å². The smallest absolute Gasteiger partial charge is 0.418 e. The van der Waals surface area contributed by atoms with Gasteiger partial charge in [0.05, 0.1) is 34.2 Å². The summed E-state index contributed by atoms with van der Waals surface area (Å²) in [7, 11) is -2.21. The summed E-state index contributed by atoms with van der Waals surface area (Å²) in [5, 5.41) is 3.42. The molecule has 0 bridgehead atoms. The van der Waals surface area contributed by atoms with Crippen LogP contribution < -0.4 is 4.74 Å². The maximum Gasteiger partial charge on any atom is 0.418 e. The van der Waals surface area contributed by atoms with Crippen LogP contribution in [-0.2, 0) is 21.0 Å². The maximum absolute atomic E-state index is 16.8. The molecule has 2 aliphatic rings. The minimum Gasteiger partial charge on any atom is -0.491 e. The van der Waals surface area contributed by atoms with Gasteiger partial charge in [0.2, 0.25) is 5.95 Å². The number of amides is 1. The van der Waals surface area contributed by atoms with Gasteiger partial charge < -0.3 is 13.9 Å². The molecule has 1 amide bonds. The van der Waals surface area contributed by atoms with Crippen molar-refractivity contribution in [2.75, 3.05) is 6.61 Å². The van der Waals surface area contributed by atoms with Crippen LogP contribution in [0.15, 0.2) is 30.5 Å². The number of nitrogens with zero attached hydrogens (tertiary/aromatic N) is 4. The number of benzene rings is 1. The summed E-state index contributed by atoms with van der Waals surface area (Å²) in [4.78, 5) is 18.4. The zero-order valence-electron chi connectivity index (χ0n) is 31.8. The molecule has 8 nitrogen and oxygen atoms in total. The number of ether oxygens (including phenoxy) is 2. The Morgan fingerprint density at radius 2 is 1.68 bits per heavy atom. The first-order valence-corrected chi connectivity index (χ1v) is 20.6. The van der Waals surface area contributed by atoms with E-state index in [4.69, 9.17) is 13.9 Å². The molecule has 1 saturated heterocycles. The molecular weight excluding hydrogens is 726 g/mol. The number of likely N-dealkylation sites (tertiary alicyclic amines) is 1. The van der Waals surface area contributed by atoms with Gasteiger partial charge in [-0.05, 0) is 83.8 Å². The molecule has 2 aromatic heterocycles. The van der Waals surface area contributed by atoms with Gasteiger partial charge in [-0.15, -0.1) is 5.10 Å². The van der Waals surface area contributed by atoms with E-state index >= 15 is 8.78 Å². The van der Waals surface area contributed by atoms with Crippen LogP contribution in [-0.4, -0.2) is 64.0 Å². The van der Waals surface area contributed by atoms with E-state index in [2.05, 4.69) is 43.9 Å². The van der Waals surface area contributed by atoms with E-state index in [1.165, 1.54) is 11.0 Å². The van der Waals surface area contributed by atoms with E-state index in [1.54, 1.807) is 27.7 Å². The highest BCUT2D eigenvalue weighted by molar-refractivity contribution is 6.74. The second-order valence-electron chi connectivity index (χ2n) is 17.3. The van der Waals surface area contributed by atoms with Gasteiger partial charge in [-0.25, -0.2) is 18.0 Å². The average molecular weight is 775 g/mol. The van der Waals surface area contributed by atoms with Gasteiger partial charge in [-0.2, -0.15) is 17.6 Å². The molecule has 16 heteroatoms. The first kappa shape index (κ1) is 40.8. The number of halogens is 7. The Kier molecular flexibility index (Phi) is 10.6. The third-order valence-corrected chi connectivity index (χ3v) is 15.3. The Morgan fingerprint density at radius 3 is 2.21 bits per heavy atom. The molecule has 0 unspecified atom stereocenters. The third-order valence-electron chi connectivity index (χ3n) is 10.6. The van der Waals surface area contributed by atoms with Crippen molar-refractivity contribution in [3.8, 4) is 5.75 Å². The number of aromatic nitrogens is 3. The first-order valence-electron chi connectivity index (χ1n) is 17.7. The van der Waals surface area contributed by atoms with Gasteiger partial charge in [0, 0.05) is 30.6 Å². The number of pyridine rings is 1. The number of carbonyl (C=O) groups is 1. The number of alkyl halides is 6. The number of hydrogen-bond donors (Lipinski definition) is 0. The topological polar surface area (TPSA) is 78.7 Å². The van der Waals surface area contributed by atoms with Crippen molar-refractivity contribution in [2.45, 2.75) is 147 Å². The van der Waals surface area contributed by atoms with Gasteiger partial charge in [-0.1, -0.05) is 26.8 Å². The van der Waals surface area contributed by atoms with Crippen LogP contribution in [0, 0.1) is 5.95 Å². The quantitative estimate of drug-likeness (QED) is 0.168. The fourth-order valence-electron chi connectivity index (χ4n) is 7.23. The average Bonchev–Trinajstić information content (AvgIpc) is 3.31. The number of rotatable bonds is 8. The van der Waals surface area contributed by atoms with E-state index in [9.17, 15) is 26.7 Å². The first-order chi connectivity index (χ1) is 24.1. The van der Waals surface area contributed by atoms with Crippen molar-refractivity contribution in [3.05, 3.63) is 53.2 Å². The predicted molar refractivity (Wildman–Crippen MR) is 188 cm³/mol. The Labute approximate surface area is 306 Å². The lowest BCUT2D eigenvalue weighted by atomic mass is 9.77. The van der Waals surface area contributed by atoms with Gasteiger partial charge in [0.25, 0.3) is 6.43 Å². The molecule has 1 aliphatic carbocycles. The molecule has 0 N–H and O–H groups in total. The standard InChI is InChI=1S/C37H49F7N4O4Si/c1-21-15-36(41,22-11-12-28(30(38)39)45-19-22)18-24(47(21)32(49)51-33(2,3)4)20-50-25-13-26-29(27(14-25)37(42,43)44)48(46-31(26)40)23-16-35(8,17-23)52-53(9,10)34(5,6)7/h11-14,19,21,23-24,30H,15-18,20H2,1-10H3/t21-,23?,24-,35?,36-/m0/s1. The normalized spacial score (nSPS) is 25.8. The van der Waals surface area contributed by atoms with Crippen LogP contribution in [0.5, 0.6) is 5.75 Å². The highest BCUT2D eigenvalue weighted by atomic mass is 28.4. The summed E-state index contributed by atoms with van der Waals surface area (Å²) >= 11 is 0. The molecule has 5 rings (SSSR count). The van der Waals surface area contributed by atoms with Gasteiger partial charge in [0.1, 0.15) is 29.3 Å². The lowest BCUT2D eigenvalue weighted by Crippen LogP contribution is -2.57. The summed E-state index contributed by atoms with van der Waals surface area (Å²) < 4.78 is 122. The van der Waals surface area contributed by atoms with E-state index < -0.39 is 103 Å². The lowest BCUT2D eigenvalue weighted by molar-refractivity contribution is -0.136. The second kappa shape index (κ2) is 13.7. The van der Waals surface area contributed by atoms with E-state index in [-0.39, 0.29) is 22.8 Å². The molecule has 294 valence electrons. The van der Waals surface area contributed by atoms with E-state index in [0.717, 1.165) is 29.1 Å². The molecule has 1 aromatic carbocycles. The van der Waals surface area contributed by atoms with Crippen LogP contribution in [0.2, 0.25) is 18.1 Å². The van der Waals surface area contributed by atoms with Crippen molar-refractivity contribution in [1.29, 1.82) is 0 Å². The monoisotopic (exact) mass is 774 g/mol. The van der Waals surface area contributed by atoms with Crippen LogP contribution in [0.4, 0.5) is 35.5 Å². The zero-order chi connectivity index (χ0) is 39.7. The number of fused-ring (bicyclic) bond motifs is 1. The van der Waals surface area contributed by atoms with Crippen molar-refractivity contribution >= 4 is 25.3 Å². The molecular formula is C37H49F7N4O4Si. The molecule has 3 heterocycles. The molecule has 0 radical (unpaired) electrons. The summed E-state index contributed by atoms with van der Waals surface area (Å²) in [6.45, 7) is 18.4. The molecule has 3 atom stereocenters. The summed E-state index contributed by atoms with van der Waals surface area (Å²) in [5.41, 5.74) is -5.82. The molecule has 3 aromatic rings. The summed E-state index contributed by atoms with van der Waals surface area (Å²) in [6.07, 6.45) is -7.54. The Morgan fingerprint density at radius 1 is 1.04 bits per heavy atom. The SMILES string of the molecule is C[C@H]1C[C@@](F)(c2ccc(C(F)F)nc2)C[C@@H](COc2cc(C(F)(F)F)c3c(c2)c(F)nn3C2CC(C)(O[Si](C)(C)C(C)(C)C)C2)N1C(=O)OC(C)(C)C. The highest BCUT2D eigenvalue weighted by Gasteiger charge is 2.51. The number of hydrogen-bond acceptors (Lipinski definition) is 6. The number of piperidine rings is 1. The zero-order valence-corrected chi connectivity index (χ0v) is 32.8.